The van der Waals surface area contributed by atoms with E-state index in [2.05, 4.69) is 31.0 Å². The van der Waals surface area contributed by atoms with Gasteiger partial charge in [-0.15, -0.1) is 0 Å². The average Bonchev–Trinajstić information content (AvgIpc) is 3.11. The Kier molecular flexibility index (Phi) is 4.11. The molecule has 1 N–H and O–H groups in total. The van der Waals surface area contributed by atoms with Crippen molar-refractivity contribution < 1.29 is 4.42 Å². The van der Waals surface area contributed by atoms with Crippen molar-refractivity contribution in [3.8, 4) is 0 Å². The predicted octanol–water partition coefficient (Wildman–Crippen LogP) is 4.42. The van der Waals surface area contributed by atoms with Crippen molar-refractivity contribution in [2.45, 2.75) is 32.2 Å². The fourth-order valence-corrected chi connectivity index (χ4v) is 4.35. The van der Waals surface area contributed by atoms with Crippen LogP contribution in [-0.2, 0) is 12.0 Å². The van der Waals surface area contributed by atoms with E-state index in [1.165, 1.54) is 11.1 Å². The molecule has 2 heterocycles. The number of pyridine rings is 1. The average molecular weight is 346 g/mol. The number of nitrogens with one attached hydrogen (secondary N) is 1. The molecule has 2 atom stereocenters. The lowest BCUT2D eigenvalue weighted by atomic mass is 9.63. The van der Waals surface area contributed by atoms with Gasteiger partial charge in [0.05, 0.1) is 6.26 Å². The lowest BCUT2D eigenvalue weighted by Gasteiger charge is -2.45. The first-order valence-corrected chi connectivity index (χ1v) is 8.94. The van der Waals surface area contributed by atoms with Crippen molar-refractivity contribution >= 4 is 12.3 Å². The van der Waals surface area contributed by atoms with Crippen molar-refractivity contribution in [2.24, 2.45) is 10.9 Å². The zero-order valence-corrected chi connectivity index (χ0v) is 15.0. The Morgan fingerprint density at radius 2 is 2.23 bits per heavy atom. The Balaban J connectivity index is 1.81. The minimum Gasteiger partial charge on any atom is -0.465 e. The van der Waals surface area contributed by atoms with E-state index in [9.17, 15) is 4.79 Å². The molecule has 0 aromatic carbocycles. The van der Waals surface area contributed by atoms with Crippen LogP contribution in [0.5, 0.6) is 0 Å². The van der Waals surface area contributed by atoms with Gasteiger partial charge in [-0.25, -0.2) is 0 Å². The molecule has 2 aromatic rings. The minimum absolute atomic E-state index is 0.0525. The molecule has 0 saturated carbocycles. The Labute approximate surface area is 152 Å². The first-order valence-electron chi connectivity index (χ1n) is 8.94. The van der Waals surface area contributed by atoms with E-state index in [0.717, 1.165) is 29.9 Å². The van der Waals surface area contributed by atoms with Gasteiger partial charge in [-0.05, 0) is 56.2 Å². The van der Waals surface area contributed by atoms with Gasteiger partial charge in [-0.2, -0.15) is 0 Å². The van der Waals surface area contributed by atoms with E-state index in [1.807, 2.05) is 36.6 Å². The van der Waals surface area contributed by atoms with Gasteiger partial charge in [0.2, 0.25) is 5.56 Å². The third kappa shape index (κ3) is 2.71. The summed E-state index contributed by atoms with van der Waals surface area (Å²) in [6.07, 6.45) is 13.5. The number of fused-ring (bicyclic) bond motifs is 4. The molecule has 0 saturated heterocycles. The van der Waals surface area contributed by atoms with Crippen molar-refractivity contribution in [1.29, 1.82) is 0 Å². The zero-order chi connectivity index (χ0) is 18.1. The molecular formula is C22H22N2O2. The van der Waals surface area contributed by atoms with Crippen LogP contribution >= 0.6 is 0 Å². The first kappa shape index (κ1) is 16.6. The number of rotatable bonds is 3. The third-order valence-corrected chi connectivity index (χ3v) is 5.26. The molecule has 0 unspecified atom stereocenters. The number of furan rings is 1. The molecule has 4 nitrogen and oxygen atoms in total. The highest BCUT2D eigenvalue weighted by Crippen LogP contribution is 2.51. The molecule has 132 valence electrons. The fourth-order valence-electron chi connectivity index (χ4n) is 4.35. The molecule has 0 amide bonds. The van der Waals surface area contributed by atoms with Crippen molar-refractivity contribution in [1.82, 2.24) is 4.98 Å². The Hall–Kier alpha value is -2.88. The highest BCUT2D eigenvalue weighted by Gasteiger charge is 2.46. The van der Waals surface area contributed by atoms with Gasteiger partial charge in [0.1, 0.15) is 11.3 Å². The number of H-pyrrole nitrogens is 1. The predicted molar refractivity (Wildman–Crippen MR) is 104 cm³/mol. The first-order chi connectivity index (χ1) is 12.6. The molecule has 2 aliphatic rings. The number of hydrogen-bond acceptors (Lipinski definition) is 3. The molecule has 0 spiro atoms. The van der Waals surface area contributed by atoms with Crippen LogP contribution in [0.1, 0.15) is 37.3 Å². The molecule has 4 heteroatoms. The Morgan fingerprint density at radius 1 is 1.35 bits per heavy atom. The Morgan fingerprint density at radius 3 is 3.00 bits per heavy atom. The van der Waals surface area contributed by atoms with E-state index in [1.54, 1.807) is 12.3 Å². The van der Waals surface area contributed by atoms with Gasteiger partial charge in [-0.1, -0.05) is 17.7 Å². The number of nitrogens with zero attached hydrogens (tertiary/aromatic N) is 1. The smallest absolute Gasteiger partial charge is 0.248 e. The molecule has 2 aromatic heterocycles. The lowest BCUT2D eigenvalue weighted by Crippen LogP contribution is -2.40. The maximum atomic E-state index is 11.8. The zero-order valence-electron chi connectivity index (χ0n) is 15.0. The summed E-state index contributed by atoms with van der Waals surface area (Å²) in [7, 11) is 0. The highest BCUT2D eigenvalue weighted by atomic mass is 16.3. The lowest BCUT2D eigenvalue weighted by molar-refractivity contribution is 0.413. The summed E-state index contributed by atoms with van der Waals surface area (Å²) in [5.41, 5.74) is 4.27. The molecule has 0 radical (unpaired) electrons. The topological polar surface area (TPSA) is 58.4 Å². The molecular weight excluding hydrogens is 324 g/mol. The van der Waals surface area contributed by atoms with Crippen molar-refractivity contribution in [2.75, 3.05) is 0 Å². The van der Waals surface area contributed by atoms with Crippen LogP contribution in [0, 0.1) is 5.92 Å². The quantitative estimate of drug-likeness (QED) is 0.661. The molecule has 0 fully saturated rings. The molecule has 26 heavy (non-hydrogen) atoms. The van der Waals surface area contributed by atoms with Gasteiger partial charge in [0.25, 0.3) is 0 Å². The van der Waals surface area contributed by atoms with E-state index in [4.69, 9.17) is 9.41 Å². The summed E-state index contributed by atoms with van der Waals surface area (Å²) < 4.78 is 5.33. The van der Waals surface area contributed by atoms with Crippen LogP contribution < -0.4 is 5.56 Å². The highest BCUT2D eigenvalue weighted by molar-refractivity contribution is 5.78. The fraction of sp³-hybridized carbons (Fsp3) is 0.273. The molecule has 4 rings (SSSR count). The van der Waals surface area contributed by atoms with Gasteiger partial charge < -0.3 is 9.40 Å². The minimum atomic E-state index is -0.441. The summed E-state index contributed by atoms with van der Waals surface area (Å²) in [4.78, 5) is 19.9. The standard InChI is InChI=1S/C22H22N2O2/c1-3-18-16-12-15(2)14-22(18,19-8-9-21(25)24-20(19)13-16)23-10-4-6-17-7-5-11-26-17/h3-12,16H,13-14H2,1-2H3,(H,24,25)/t16-,22+/m0/s1. The maximum Gasteiger partial charge on any atom is 0.248 e. The van der Waals surface area contributed by atoms with Crippen LogP contribution in [-0.4, -0.2) is 11.2 Å². The van der Waals surface area contributed by atoms with E-state index < -0.39 is 5.54 Å². The maximum absolute atomic E-state index is 11.8. The molecule has 0 aliphatic heterocycles. The summed E-state index contributed by atoms with van der Waals surface area (Å²) in [5, 5.41) is 0. The Bertz CT molecular complexity index is 989. The monoisotopic (exact) mass is 346 g/mol. The summed E-state index contributed by atoms with van der Waals surface area (Å²) in [6, 6.07) is 7.32. The van der Waals surface area contributed by atoms with Crippen LogP contribution in [0.3, 0.4) is 0 Å². The number of aromatic nitrogens is 1. The van der Waals surface area contributed by atoms with Gasteiger partial charge in [-0.3, -0.25) is 9.79 Å². The van der Waals surface area contributed by atoms with Crippen molar-refractivity contribution in [3.63, 3.8) is 0 Å². The molecule has 2 aliphatic carbocycles. The second kappa shape index (κ2) is 6.45. The summed E-state index contributed by atoms with van der Waals surface area (Å²) in [5.74, 6) is 1.08. The van der Waals surface area contributed by atoms with Crippen LogP contribution in [0.4, 0.5) is 0 Å². The summed E-state index contributed by atoms with van der Waals surface area (Å²) >= 11 is 0. The second-order valence-electron chi connectivity index (χ2n) is 6.97. The van der Waals surface area contributed by atoms with E-state index >= 15 is 0 Å². The molecule has 2 bridgehead atoms. The number of allylic oxidation sites excluding steroid dienone is 3. The van der Waals surface area contributed by atoms with Crippen LogP contribution in [0.2, 0.25) is 0 Å². The largest absolute Gasteiger partial charge is 0.465 e. The van der Waals surface area contributed by atoms with Gasteiger partial charge >= 0.3 is 0 Å². The van der Waals surface area contributed by atoms with Crippen molar-refractivity contribution in [3.05, 3.63) is 87.3 Å². The van der Waals surface area contributed by atoms with Gasteiger partial charge in [0.15, 0.2) is 0 Å². The van der Waals surface area contributed by atoms with Crippen LogP contribution in [0.25, 0.3) is 6.08 Å². The number of aromatic amines is 1. The number of aliphatic imine (C=N–C) groups is 1. The number of hydrogen-bond donors (Lipinski definition) is 1. The normalized spacial score (nSPS) is 26.5. The third-order valence-electron chi connectivity index (χ3n) is 5.26. The van der Waals surface area contributed by atoms with Crippen LogP contribution in [0.15, 0.2) is 74.1 Å². The second-order valence-corrected chi connectivity index (χ2v) is 6.97. The van der Waals surface area contributed by atoms with E-state index in [0.29, 0.717) is 0 Å². The van der Waals surface area contributed by atoms with Gasteiger partial charge in [0, 0.05) is 35.9 Å². The van der Waals surface area contributed by atoms with E-state index in [-0.39, 0.29) is 11.5 Å². The summed E-state index contributed by atoms with van der Waals surface area (Å²) in [6.45, 7) is 4.25. The SMILES string of the molecule is CC=C1[C@H]2C=C(C)C[C@]1(N=CC=Cc1ccco1)c1ccc(=O)[nH]c1C2.